The molecule has 1 N–H and O–H groups in total. The molecule has 0 radical (unpaired) electrons. The molecule has 5 heteroatoms. The zero-order valence-corrected chi connectivity index (χ0v) is 11.1. The third-order valence-corrected chi connectivity index (χ3v) is 3.04. The van der Waals surface area contributed by atoms with Crippen molar-refractivity contribution in [3.05, 3.63) is 16.9 Å². The summed E-state index contributed by atoms with van der Waals surface area (Å²) < 4.78 is 1.87. The fourth-order valence-corrected chi connectivity index (χ4v) is 1.84. The van der Waals surface area contributed by atoms with E-state index in [1.165, 1.54) is 0 Å². The highest BCUT2D eigenvalue weighted by molar-refractivity contribution is 6.31. The molecular weight excluding hydrogens is 226 g/mol. The molecule has 0 spiro atoms. The molecule has 1 aromatic rings. The second-order valence-corrected chi connectivity index (χ2v) is 4.84. The van der Waals surface area contributed by atoms with Crippen molar-refractivity contribution in [2.75, 3.05) is 20.6 Å². The highest BCUT2D eigenvalue weighted by Gasteiger charge is 2.20. The van der Waals surface area contributed by atoms with Gasteiger partial charge >= 0.3 is 0 Å². The topological polar surface area (TPSA) is 41.3 Å². The maximum absolute atomic E-state index is 9.61. The number of hydrogen-bond donors (Lipinski definition) is 1. The minimum absolute atomic E-state index is 0.00263. The van der Waals surface area contributed by atoms with Gasteiger partial charge in [0.15, 0.2) is 0 Å². The Hall–Kier alpha value is -0.580. The van der Waals surface area contributed by atoms with Crippen LogP contribution in [-0.4, -0.2) is 46.5 Å². The van der Waals surface area contributed by atoms with Gasteiger partial charge in [-0.05, 0) is 21.0 Å². The molecule has 2 atom stereocenters. The van der Waals surface area contributed by atoms with Gasteiger partial charge in [0.25, 0.3) is 0 Å². The largest absolute Gasteiger partial charge is 0.393 e. The van der Waals surface area contributed by atoms with Crippen LogP contribution < -0.4 is 0 Å². The first-order valence-corrected chi connectivity index (χ1v) is 5.85. The van der Waals surface area contributed by atoms with Crippen LogP contribution in [0.25, 0.3) is 0 Å². The molecule has 4 nitrogen and oxygen atoms in total. The van der Waals surface area contributed by atoms with Gasteiger partial charge in [-0.15, -0.1) is 0 Å². The van der Waals surface area contributed by atoms with Crippen LogP contribution in [0.1, 0.15) is 25.5 Å². The van der Waals surface area contributed by atoms with E-state index >= 15 is 0 Å². The SMILES string of the molecule is CC(O)C(C)c1c(Cl)cnn1CCN(C)C. The van der Waals surface area contributed by atoms with Gasteiger partial charge in [0.05, 0.1) is 29.6 Å². The zero-order valence-electron chi connectivity index (χ0n) is 10.3. The highest BCUT2D eigenvalue weighted by Crippen LogP contribution is 2.26. The van der Waals surface area contributed by atoms with Crippen LogP contribution in [0, 0.1) is 0 Å². The van der Waals surface area contributed by atoms with Gasteiger partial charge in [0, 0.05) is 12.5 Å². The molecule has 0 amide bonds. The lowest BCUT2D eigenvalue weighted by atomic mass is 10.0. The van der Waals surface area contributed by atoms with E-state index in [2.05, 4.69) is 10.00 Å². The first-order chi connectivity index (χ1) is 7.43. The van der Waals surface area contributed by atoms with Gasteiger partial charge in [0.2, 0.25) is 0 Å². The number of nitrogens with zero attached hydrogens (tertiary/aromatic N) is 3. The van der Waals surface area contributed by atoms with Crippen molar-refractivity contribution in [1.82, 2.24) is 14.7 Å². The molecule has 92 valence electrons. The fourth-order valence-electron chi connectivity index (χ4n) is 1.53. The van der Waals surface area contributed by atoms with Crippen LogP contribution >= 0.6 is 11.6 Å². The summed E-state index contributed by atoms with van der Waals surface area (Å²) in [4.78, 5) is 2.09. The number of likely N-dealkylation sites (N-methyl/N-ethyl adjacent to an activating group) is 1. The monoisotopic (exact) mass is 245 g/mol. The van der Waals surface area contributed by atoms with E-state index in [1.54, 1.807) is 13.1 Å². The third-order valence-electron chi connectivity index (χ3n) is 2.75. The maximum Gasteiger partial charge on any atom is 0.0821 e. The Kier molecular flexibility index (Phi) is 4.77. The maximum atomic E-state index is 9.61. The number of aliphatic hydroxyl groups is 1. The molecule has 0 saturated carbocycles. The van der Waals surface area contributed by atoms with Crippen molar-refractivity contribution in [3.63, 3.8) is 0 Å². The second kappa shape index (κ2) is 5.66. The number of aromatic nitrogens is 2. The van der Waals surface area contributed by atoms with Crippen molar-refractivity contribution in [2.45, 2.75) is 32.4 Å². The predicted octanol–water partition coefficient (Wildman–Crippen LogP) is 1.58. The summed E-state index contributed by atoms with van der Waals surface area (Å²) in [6.07, 6.45) is 1.22. The van der Waals surface area contributed by atoms with Gasteiger partial charge in [-0.2, -0.15) is 5.10 Å². The fraction of sp³-hybridized carbons (Fsp3) is 0.727. The Morgan fingerprint density at radius 3 is 2.62 bits per heavy atom. The minimum Gasteiger partial charge on any atom is -0.393 e. The van der Waals surface area contributed by atoms with Gasteiger partial charge in [-0.3, -0.25) is 4.68 Å². The summed E-state index contributed by atoms with van der Waals surface area (Å²) in [7, 11) is 4.03. The highest BCUT2D eigenvalue weighted by atomic mass is 35.5. The Labute approximate surface area is 102 Å². The van der Waals surface area contributed by atoms with Gasteiger partial charge < -0.3 is 10.0 Å². The molecule has 0 aliphatic heterocycles. The smallest absolute Gasteiger partial charge is 0.0821 e. The van der Waals surface area contributed by atoms with Gasteiger partial charge in [0.1, 0.15) is 0 Å². The zero-order chi connectivity index (χ0) is 12.3. The van der Waals surface area contributed by atoms with Crippen LogP contribution in [0.2, 0.25) is 5.02 Å². The average molecular weight is 246 g/mol. The number of hydrogen-bond acceptors (Lipinski definition) is 3. The van der Waals surface area contributed by atoms with Crippen molar-refractivity contribution < 1.29 is 5.11 Å². The van der Waals surface area contributed by atoms with E-state index in [9.17, 15) is 5.11 Å². The van der Waals surface area contributed by atoms with E-state index in [4.69, 9.17) is 11.6 Å². The summed E-state index contributed by atoms with van der Waals surface area (Å²) in [5.74, 6) is -0.00263. The molecule has 2 unspecified atom stereocenters. The van der Waals surface area contributed by atoms with Crippen molar-refractivity contribution >= 4 is 11.6 Å². The Balaban J connectivity index is 2.85. The first-order valence-electron chi connectivity index (χ1n) is 5.47. The molecule has 1 aromatic heterocycles. The quantitative estimate of drug-likeness (QED) is 0.857. The van der Waals surface area contributed by atoms with Crippen LogP contribution in [0.5, 0.6) is 0 Å². The molecule has 1 rings (SSSR count). The van der Waals surface area contributed by atoms with E-state index < -0.39 is 6.10 Å². The first kappa shape index (κ1) is 13.5. The van der Waals surface area contributed by atoms with E-state index in [1.807, 2.05) is 25.7 Å². The number of rotatable bonds is 5. The summed E-state index contributed by atoms with van der Waals surface area (Å²) in [6.45, 7) is 5.41. The van der Waals surface area contributed by atoms with Gasteiger partial charge in [-0.1, -0.05) is 18.5 Å². The van der Waals surface area contributed by atoms with Crippen LogP contribution in [0.15, 0.2) is 6.20 Å². The third kappa shape index (κ3) is 3.20. The van der Waals surface area contributed by atoms with E-state index in [0.717, 1.165) is 18.8 Å². The molecule has 0 saturated heterocycles. The van der Waals surface area contributed by atoms with Crippen molar-refractivity contribution in [1.29, 1.82) is 0 Å². The lowest BCUT2D eigenvalue weighted by Crippen LogP contribution is -2.22. The van der Waals surface area contributed by atoms with Crippen LogP contribution in [-0.2, 0) is 6.54 Å². The Morgan fingerprint density at radius 1 is 1.50 bits per heavy atom. The molecule has 16 heavy (non-hydrogen) atoms. The summed E-state index contributed by atoms with van der Waals surface area (Å²) >= 11 is 6.09. The lowest BCUT2D eigenvalue weighted by molar-refractivity contribution is 0.164. The molecule has 0 aliphatic carbocycles. The van der Waals surface area contributed by atoms with E-state index in [0.29, 0.717) is 5.02 Å². The molecular formula is C11H20ClN3O. The molecule has 1 heterocycles. The molecule has 0 aromatic carbocycles. The van der Waals surface area contributed by atoms with Crippen LogP contribution in [0.4, 0.5) is 0 Å². The van der Waals surface area contributed by atoms with Crippen molar-refractivity contribution in [3.8, 4) is 0 Å². The summed E-state index contributed by atoms with van der Waals surface area (Å²) in [6, 6.07) is 0. The number of aliphatic hydroxyl groups excluding tert-OH is 1. The lowest BCUT2D eigenvalue weighted by Gasteiger charge is -2.18. The normalized spacial score (nSPS) is 15.4. The van der Waals surface area contributed by atoms with Gasteiger partial charge in [-0.25, -0.2) is 0 Å². The molecule has 0 fully saturated rings. The Bertz CT molecular complexity index is 336. The Morgan fingerprint density at radius 2 is 2.12 bits per heavy atom. The second-order valence-electron chi connectivity index (χ2n) is 4.43. The average Bonchev–Trinajstić information content (AvgIpc) is 2.55. The summed E-state index contributed by atoms with van der Waals surface area (Å²) in [5, 5.41) is 14.5. The predicted molar refractivity (Wildman–Crippen MR) is 65.9 cm³/mol. The summed E-state index contributed by atoms with van der Waals surface area (Å²) in [5.41, 5.74) is 0.915. The molecule has 0 bridgehead atoms. The van der Waals surface area contributed by atoms with Crippen LogP contribution in [0.3, 0.4) is 0 Å². The standard InChI is InChI=1S/C11H20ClN3O/c1-8(9(2)16)11-10(12)7-13-15(11)6-5-14(3)4/h7-9,16H,5-6H2,1-4H3. The number of halogens is 1. The minimum atomic E-state index is -0.424. The van der Waals surface area contributed by atoms with Crippen molar-refractivity contribution in [2.24, 2.45) is 0 Å². The molecule has 0 aliphatic rings. The van der Waals surface area contributed by atoms with E-state index in [-0.39, 0.29) is 5.92 Å².